The molecule has 1 saturated carbocycles. The highest BCUT2D eigenvalue weighted by molar-refractivity contribution is 6.05. The smallest absolute Gasteiger partial charge is 0.267 e. The molecule has 34 heavy (non-hydrogen) atoms. The van der Waals surface area contributed by atoms with Gasteiger partial charge in [-0.1, -0.05) is 38.1 Å². The van der Waals surface area contributed by atoms with Gasteiger partial charge in [0.2, 0.25) is 6.43 Å². The molecule has 0 heterocycles. The van der Waals surface area contributed by atoms with Crippen LogP contribution in [-0.2, 0) is 4.79 Å². The molecule has 2 atom stereocenters. The first-order valence-electron chi connectivity index (χ1n) is 11.3. The maximum atomic E-state index is 12.8. The molecule has 6 nitrogen and oxygen atoms in total. The summed E-state index contributed by atoms with van der Waals surface area (Å²) in [6.07, 6.45) is -0.345. The average molecular weight is 473 g/mol. The minimum Gasteiger partial charge on any atom is -0.493 e. The number of benzene rings is 2. The average Bonchev–Trinajstić information content (AvgIpc) is 3.63. The van der Waals surface area contributed by atoms with Gasteiger partial charge in [-0.3, -0.25) is 9.59 Å². The van der Waals surface area contributed by atoms with Crippen molar-refractivity contribution in [1.29, 1.82) is 0 Å². The highest BCUT2D eigenvalue weighted by atomic mass is 19.3. The Hall–Kier alpha value is -3.26. The lowest BCUT2D eigenvalue weighted by atomic mass is 10.1. The highest BCUT2D eigenvalue weighted by Crippen LogP contribution is 2.50. The van der Waals surface area contributed by atoms with Gasteiger partial charge < -0.3 is 20.5 Å². The summed E-state index contributed by atoms with van der Waals surface area (Å²) in [5, 5.41) is 14.2. The summed E-state index contributed by atoms with van der Waals surface area (Å²) in [5.74, 6) is -0.748. The number of carbonyl (C=O) groups is 2. The molecule has 2 aromatic carbocycles. The van der Waals surface area contributed by atoms with Crippen molar-refractivity contribution in [1.82, 2.24) is 10.6 Å². The van der Waals surface area contributed by atoms with Crippen LogP contribution in [0.2, 0.25) is 0 Å². The number of carbonyl (C=O) groups excluding carboxylic acids is 2. The van der Waals surface area contributed by atoms with Gasteiger partial charge in [0, 0.05) is 18.0 Å². The molecule has 2 amide bonds. The third-order valence-electron chi connectivity index (χ3n) is 5.43. The van der Waals surface area contributed by atoms with Crippen LogP contribution in [0.15, 0.2) is 54.2 Å². The Labute approximate surface area is 198 Å². The molecule has 0 radical (unpaired) electrons. The normalized spacial score (nSPS) is 17.6. The third-order valence-corrected chi connectivity index (χ3v) is 5.43. The van der Waals surface area contributed by atoms with Crippen molar-refractivity contribution in [3.05, 3.63) is 70.9 Å². The van der Waals surface area contributed by atoms with Crippen molar-refractivity contribution >= 4 is 17.9 Å². The van der Waals surface area contributed by atoms with Crippen molar-refractivity contribution in [2.24, 2.45) is 11.8 Å². The van der Waals surface area contributed by atoms with E-state index in [0.717, 1.165) is 5.56 Å². The second-order valence-corrected chi connectivity index (χ2v) is 8.73. The van der Waals surface area contributed by atoms with Gasteiger partial charge in [0.05, 0.1) is 13.2 Å². The van der Waals surface area contributed by atoms with Crippen LogP contribution in [0.1, 0.15) is 47.7 Å². The van der Waals surface area contributed by atoms with E-state index in [1.165, 1.54) is 6.08 Å². The van der Waals surface area contributed by atoms with Crippen LogP contribution in [0.5, 0.6) is 5.75 Å². The van der Waals surface area contributed by atoms with Gasteiger partial charge in [-0.05, 0) is 59.7 Å². The number of halogens is 2. The Morgan fingerprint density at radius 2 is 1.79 bits per heavy atom. The standard InChI is InChI=1S/C26H30F2N2O4/c1-16(2)15-34-20-9-7-19(8-10-20)25(32)30-23(26(33)29-11-12-31)13-17-3-5-18(6-4-17)21-14-22(21)24(27)28/h3-10,13,16,21-22,24,31H,11-12,14-15H2,1-2H3,(H,29,33)(H,30,32)/b23-13-. The van der Waals surface area contributed by atoms with Crippen molar-refractivity contribution in [2.45, 2.75) is 32.6 Å². The van der Waals surface area contributed by atoms with Gasteiger partial charge in [0.25, 0.3) is 11.8 Å². The number of aliphatic hydroxyl groups is 1. The van der Waals surface area contributed by atoms with Crippen molar-refractivity contribution in [3.8, 4) is 5.75 Å². The molecule has 0 bridgehead atoms. The van der Waals surface area contributed by atoms with Crippen LogP contribution >= 0.6 is 0 Å². The number of nitrogens with one attached hydrogen (secondary N) is 2. The van der Waals surface area contributed by atoms with Gasteiger partial charge in [-0.15, -0.1) is 0 Å². The van der Waals surface area contributed by atoms with Crippen molar-refractivity contribution in [3.63, 3.8) is 0 Å². The number of alkyl halides is 2. The molecule has 0 saturated heterocycles. The predicted octanol–water partition coefficient (Wildman–Crippen LogP) is 3.97. The minimum absolute atomic E-state index is 0.00298. The van der Waals surface area contributed by atoms with Gasteiger partial charge in [-0.25, -0.2) is 8.78 Å². The van der Waals surface area contributed by atoms with Crippen LogP contribution in [0, 0.1) is 11.8 Å². The molecule has 0 spiro atoms. The summed E-state index contributed by atoms with van der Waals surface area (Å²) in [7, 11) is 0. The lowest BCUT2D eigenvalue weighted by molar-refractivity contribution is -0.117. The number of amides is 2. The van der Waals surface area contributed by atoms with E-state index < -0.39 is 24.2 Å². The van der Waals surface area contributed by atoms with Gasteiger partial charge in [0.15, 0.2) is 0 Å². The molecule has 1 aliphatic carbocycles. The van der Waals surface area contributed by atoms with Crippen molar-refractivity contribution in [2.75, 3.05) is 19.8 Å². The SMILES string of the molecule is CC(C)COc1ccc(C(=O)N/C(=C\c2ccc(C3CC3C(F)F)cc2)C(=O)NCCO)cc1. The highest BCUT2D eigenvalue weighted by Gasteiger charge is 2.44. The summed E-state index contributed by atoms with van der Waals surface area (Å²) in [6.45, 7) is 4.43. The molecule has 0 aliphatic heterocycles. The van der Waals surface area contributed by atoms with Gasteiger partial charge in [-0.2, -0.15) is 0 Å². The number of hydrogen-bond donors (Lipinski definition) is 3. The van der Waals surface area contributed by atoms with E-state index in [0.29, 0.717) is 35.8 Å². The fraction of sp³-hybridized carbons (Fsp3) is 0.385. The maximum Gasteiger partial charge on any atom is 0.267 e. The lowest BCUT2D eigenvalue weighted by Crippen LogP contribution is -2.36. The molecule has 1 fully saturated rings. The van der Waals surface area contributed by atoms with Crippen LogP contribution in [-0.4, -0.2) is 43.1 Å². The van der Waals surface area contributed by atoms with Crippen molar-refractivity contribution < 1.29 is 28.2 Å². The lowest BCUT2D eigenvalue weighted by Gasteiger charge is -2.12. The molecular weight excluding hydrogens is 442 g/mol. The first-order valence-corrected chi connectivity index (χ1v) is 11.3. The van der Waals surface area contributed by atoms with Gasteiger partial charge >= 0.3 is 0 Å². The summed E-state index contributed by atoms with van der Waals surface area (Å²) < 4.78 is 31.3. The molecule has 2 unspecified atom stereocenters. The van der Waals surface area contributed by atoms with E-state index in [-0.39, 0.29) is 24.8 Å². The predicted molar refractivity (Wildman–Crippen MR) is 126 cm³/mol. The molecule has 3 N–H and O–H groups in total. The first-order chi connectivity index (χ1) is 16.3. The third kappa shape index (κ3) is 7.12. The van der Waals surface area contributed by atoms with E-state index >= 15 is 0 Å². The second-order valence-electron chi connectivity index (χ2n) is 8.73. The van der Waals surface area contributed by atoms with E-state index in [1.54, 1.807) is 48.5 Å². The molecule has 0 aromatic heterocycles. The largest absolute Gasteiger partial charge is 0.493 e. The number of hydrogen-bond acceptors (Lipinski definition) is 4. The molecular formula is C26H30F2N2O4. The monoisotopic (exact) mass is 472 g/mol. The second kappa shape index (κ2) is 11.7. The van der Waals surface area contributed by atoms with Crippen LogP contribution in [0.4, 0.5) is 8.78 Å². The molecule has 182 valence electrons. The number of ether oxygens (including phenoxy) is 1. The van der Waals surface area contributed by atoms with E-state index in [1.807, 2.05) is 13.8 Å². The zero-order chi connectivity index (χ0) is 24.7. The van der Waals surface area contributed by atoms with Crippen LogP contribution in [0.25, 0.3) is 6.08 Å². The Morgan fingerprint density at radius 1 is 1.12 bits per heavy atom. The fourth-order valence-corrected chi connectivity index (χ4v) is 3.47. The number of aliphatic hydroxyl groups excluding tert-OH is 1. The zero-order valence-corrected chi connectivity index (χ0v) is 19.3. The summed E-state index contributed by atoms with van der Waals surface area (Å²) in [5.41, 5.74) is 1.81. The Morgan fingerprint density at radius 3 is 2.35 bits per heavy atom. The van der Waals surface area contributed by atoms with E-state index in [9.17, 15) is 18.4 Å². The first kappa shape index (κ1) is 25.4. The summed E-state index contributed by atoms with van der Waals surface area (Å²) in [6, 6.07) is 13.6. The topological polar surface area (TPSA) is 87.7 Å². The van der Waals surface area contributed by atoms with Crippen LogP contribution < -0.4 is 15.4 Å². The minimum atomic E-state index is -2.32. The Kier molecular flexibility index (Phi) is 8.76. The summed E-state index contributed by atoms with van der Waals surface area (Å²) in [4.78, 5) is 25.3. The molecule has 2 aromatic rings. The molecule has 1 aliphatic rings. The maximum absolute atomic E-state index is 12.8. The zero-order valence-electron chi connectivity index (χ0n) is 19.3. The Balaban J connectivity index is 1.72. The number of rotatable bonds is 11. The van der Waals surface area contributed by atoms with Crippen LogP contribution in [0.3, 0.4) is 0 Å². The van der Waals surface area contributed by atoms with E-state index in [4.69, 9.17) is 9.84 Å². The molecule has 3 rings (SSSR count). The van der Waals surface area contributed by atoms with Gasteiger partial charge in [0.1, 0.15) is 11.4 Å². The molecule has 8 heteroatoms. The quantitative estimate of drug-likeness (QED) is 0.432. The fourth-order valence-electron chi connectivity index (χ4n) is 3.47. The van der Waals surface area contributed by atoms with E-state index in [2.05, 4.69) is 10.6 Å². The Bertz CT molecular complexity index is 1000. The summed E-state index contributed by atoms with van der Waals surface area (Å²) >= 11 is 0.